The minimum absolute atomic E-state index is 0. The van der Waals surface area contributed by atoms with Crippen LogP contribution in [0.4, 0.5) is 11.4 Å². The number of non-ortho nitro benzene ring substituents is 1. The van der Waals surface area contributed by atoms with Crippen molar-refractivity contribution in [1.29, 1.82) is 0 Å². The van der Waals surface area contributed by atoms with Crippen LogP contribution in [0.1, 0.15) is 58.4 Å². The number of thioether (sulfide) groups is 1. The minimum atomic E-state index is -0.352. The van der Waals surface area contributed by atoms with Crippen molar-refractivity contribution in [3.63, 3.8) is 0 Å². The van der Waals surface area contributed by atoms with Gasteiger partial charge in [-0.25, -0.2) is 4.99 Å². The van der Waals surface area contributed by atoms with Gasteiger partial charge in [-0.2, -0.15) is 0 Å². The molecule has 0 spiro atoms. The van der Waals surface area contributed by atoms with Gasteiger partial charge in [-0.3, -0.25) is 10.1 Å². The molecule has 0 radical (unpaired) electrons. The van der Waals surface area contributed by atoms with Gasteiger partial charge in [0.2, 0.25) is 0 Å². The second kappa shape index (κ2) is 8.82. The highest BCUT2D eigenvalue weighted by molar-refractivity contribution is 8.15. The van der Waals surface area contributed by atoms with Crippen LogP contribution in [0.5, 0.6) is 0 Å². The van der Waals surface area contributed by atoms with Crippen LogP contribution in [-0.4, -0.2) is 32.3 Å². The number of nitro groups is 1. The molecule has 0 unspecified atom stereocenters. The van der Waals surface area contributed by atoms with E-state index in [2.05, 4.69) is 25.7 Å². The zero-order chi connectivity index (χ0) is 18.9. The molecule has 1 atom stereocenters. The van der Waals surface area contributed by atoms with E-state index >= 15 is 0 Å². The maximum absolute atomic E-state index is 11.0. The van der Waals surface area contributed by atoms with Gasteiger partial charge in [0.05, 0.1) is 10.6 Å². The third kappa shape index (κ3) is 5.17. The summed E-state index contributed by atoms with van der Waals surface area (Å²) in [5, 5.41) is 12.0. The van der Waals surface area contributed by atoms with Crippen LogP contribution in [0, 0.1) is 23.0 Å². The number of rotatable bonds is 4. The molecule has 1 aromatic rings. The van der Waals surface area contributed by atoms with E-state index in [1.165, 1.54) is 32.1 Å². The molecule has 5 nitrogen and oxygen atoms in total. The number of nitrogens with zero attached hydrogens (tertiary/aromatic N) is 3. The van der Waals surface area contributed by atoms with Crippen molar-refractivity contribution < 1.29 is 4.92 Å². The lowest BCUT2D eigenvalue weighted by Gasteiger charge is -2.35. The molecule has 0 bridgehead atoms. The molecule has 1 saturated heterocycles. The van der Waals surface area contributed by atoms with Gasteiger partial charge in [0.15, 0.2) is 5.17 Å². The maximum atomic E-state index is 11.0. The van der Waals surface area contributed by atoms with Crippen LogP contribution < -0.4 is 0 Å². The lowest BCUT2D eigenvalue weighted by molar-refractivity contribution is -0.384. The zero-order valence-electron chi connectivity index (χ0n) is 16.6. The van der Waals surface area contributed by atoms with Gasteiger partial charge in [0, 0.05) is 29.5 Å². The van der Waals surface area contributed by atoms with Crippen LogP contribution in [0.25, 0.3) is 0 Å². The van der Waals surface area contributed by atoms with Gasteiger partial charge >= 0.3 is 0 Å². The molecule has 0 aromatic heterocycles. The molecule has 150 valence electrons. The Morgan fingerprint density at radius 2 is 1.96 bits per heavy atom. The molecule has 0 amide bonds. The SMILES string of the molecule is Cc1cc([N+](=O)[O-])ccc1N=C1SC(C)(C)CN1[C@@H](C)C1CCCCC1.Cl. The monoisotopic (exact) mass is 411 g/mol. The lowest BCUT2D eigenvalue weighted by Crippen LogP contribution is -2.41. The molecule has 0 N–H and O–H groups in total. The molecule has 1 heterocycles. The Kier molecular flexibility index (Phi) is 7.20. The summed E-state index contributed by atoms with van der Waals surface area (Å²) in [5.74, 6) is 0.737. The summed E-state index contributed by atoms with van der Waals surface area (Å²) >= 11 is 1.82. The van der Waals surface area contributed by atoms with E-state index in [-0.39, 0.29) is 27.8 Å². The quantitative estimate of drug-likeness (QED) is 0.443. The Hall–Kier alpha value is -1.27. The third-order valence-corrected chi connectivity index (χ3v) is 6.79. The van der Waals surface area contributed by atoms with Crippen molar-refractivity contribution >= 4 is 40.7 Å². The normalized spacial score (nSPS) is 22.5. The molecule has 2 aliphatic rings. The van der Waals surface area contributed by atoms with E-state index in [4.69, 9.17) is 4.99 Å². The van der Waals surface area contributed by atoms with E-state index in [0.717, 1.165) is 28.9 Å². The highest BCUT2D eigenvalue weighted by Crippen LogP contribution is 2.41. The Bertz CT molecular complexity index is 717. The molecule has 1 aliphatic heterocycles. The Balaban J connectivity index is 0.00000261. The molecule has 1 aliphatic carbocycles. The number of aliphatic imine (C=N–C) groups is 1. The number of hydrogen-bond acceptors (Lipinski definition) is 4. The van der Waals surface area contributed by atoms with E-state index in [0.29, 0.717) is 6.04 Å². The molecule has 2 fully saturated rings. The van der Waals surface area contributed by atoms with Gasteiger partial charge in [-0.05, 0) is 58.1 Å². The summed E-state index contributed by atoms with van der Waals surface area (Å²) in [6.45, 7) is 9.77. The molecule has 1 saturated carbocycles. The molecule has 7 heteroatoms. The van der Waals surface area contributed by atoms with Gasteiger partial charge in [0.1, 0.15) is 0 Å². The first-order valence-electron chi connectivity index (χ1n) is 9.56. The summed E-state index contributed by atoms with van der Waals surface area (Å²) in [5.41, 5.74) is 1.80. The van der Waals surface area contributed by atoms with Crippen molar-refractivity contribution in [2.45, 2.75) is 70.6 Å². The number of benzene rings is 1. The molecule has 27 heavy (non-hydrogen) atoms. The van der Waals surface area contributed by atoms with Gasteiger partial charge in [-0.1, -0.05) is 31.0 Å². The van der Waals surface area contributed by atoms with Gasteiger partial charge in [0.25, 0.3) is 5.69 Å². The predicted molar refractivity (Wildman–Crippen MR) is 117 cm³/mol. The third-order valence-electron chi connectivity index (χ3n) is 5.60. The van der Waals surface area contributed by atoms with Gasteiger partial charge in [-0.15, -0.1) is 12.4 Å². The predicted octanol–water partition coefficient (Wildman–Crippen LogP) is 6.11. The lowest BCUT2D eigenvalue weighted by atomic mass is 9.84. The van der Waals surface area contributed by atoms with E-state index in [1.54, 1.807) is 18.2 Å². The Labute approximate surface area is 172 Å². The molecular formula is C20H30ClN3O2S. The van der Waals surface area contributed by atoms with Crippen LogP contribution in [0.3, 0.4) is 0 Å². The number of amidine groups is 1. The largest absolute Gasteiger partial charge is 0.347 e. The molecule has 3 rings (SSSR count). The summed E-state index contributed by atoms with van der Waals surface area (Å²) in [4.78, 5) is 18.0. The van der Waals surface area contributed by atoms with Crippen LogP contribution in [0.15, 0.2) is 23.2 Å². The van der Waals surface area contributed by atoms with Crippen molar-refractivity contribution in [1.82, 2.24) is 4.90 Å². The van der Waals surface area contributed by atoms with E-state index in [1.807, 2.05) is 18.7 Å². The maximum Gasteiger partial charge on any atom is 0.269 e. The second-order valence-electron chi connectivity index (χ2n) is 8.25. The highest BCUT2D eigenvalue weighted by Gasteiger charge is 2.39. The Morgan fingerprint density at radius 3 is 2.56 bits per heavy atom. The number of nitro benzene ring substituents is 1. The van der Waals surface area contributed by atoms with Crippen LogP contribution in [-0.2, 0) is 0 Å². The van der Waals surface area contributed by atoms with E-state index < -0.39 is 0 Å². The average molecular weight is 412 g/mol. The summed E-state index contributed by atoms with van der Waals surface area (Å²) in [7, 11) is 0. The topological polar surface area (TPSA) is 58.7 Å². The minimum Gasteiger partial charge on any atom is -0.347 e. The fourth-order valence-corrected chi connectivity index (χ4v) is 5.26. The van der Waals surface area contributed by atoms with Crippen molar-refractivity contribution in [3.05, 3.63) is 33.9 Å². The van der Waals surface area contributed by atoms with Crippen LogP contribution in [0.2, 0.25) is 0 Å². The van der Waals surface area contributed by atoms with Crippen molar-refractivity contribution in [2.24, 2.45) is 10.9 Å². The smallest absolute Gasteiger partial charge is 0.269 e. The van der Waals surface area contributed by atoms with Crippen molar-refractivity contribution in [2.75, 3.05) is 6.54 Å². The van der Waals surface area contributed by atoms with Gasteiger partial charge < -0.3 is 4.90 Å². The van der Waals surface area contributed by atoms with E-state index in [9.17, 15) is 10.1 Å². The molecule has 1 aromatic carbocycles. The first-order valence-corrected chi connectivity index (χ1v) is 10.4. The number of halogens is 1. The fourth-order valence-electron chi connectivity index (χ4n) is 4.07. The zero-order valence-corrected chi connectivity index (χ0v) is 18.2. The average Bonchev–Trinajstić information content (AvgIpc) is 2.91. The fraction of sp³-hybridized carbons (Fsp3) is 0.650. The number of hydrogen-bond donors (Lipinski definition) is 0. The summed E-state index contributed by atoms with van der Waals surface area (Å²) < 4.78 is 0.135. The Morgan fingerprint density at radius 1 is 1.30 bits per heavy atom. The van der Waals surface area contributed by atoms with Crippen molar-refractivity contribution in [3.8, 4) is 0 Å². The second-order valence-corrected chi connectivity index (χ2v) is 9.93. The first-order chi connectivity index (χ1) is 12.3. The number of aryl methyl sites for hydroxylation is 1. The standard InChI is InChI=1S/C20H29N3O2S.ClH/c1-14-12-17(23(24)25)10-11-18(14)21-19-22(13-20(3,4)26-19)15(2)16-8-6-5-7-9-16;/h10-12,15-16H,5-9,13H2,1-4H3;1H/t15-;/m0./s1. The van der Waals surface area contributed by atoms with Crippen LogP contribution >= 0.6 is 24.2 Å². The highest BCUT2D eigenvalue weighted by atomic mass is 35.5. The summed E-state index contributed by atoms with van der Waals surface area (Å²) in [6, 6.07) is 5.42. The molecular weight excluding hydrogens is 382 g/mol. The first kappa shape index (κ1) is 22.0. The summed E-state index contributed by atoms with van der Waals surface area (Å²) in [6.07, 6.45) is 6.67.